The Morgan fingerprint density at radius 2 is 1.84 bits per heavy atom. The smallest absolute Gasteiger partial charge is 0.256 e. The van der Waals surface area contributed by atoms with E-state index in [1.165, 1.54) is 0 Å². The predicted octanol–water partition coefficient (Wildman–Crippen LogP) is 3.36. The quantitative estimate of drug-likeness (QED) is 0.243. The molecule has 3 aromatic rings. The Hall–Kier alpha value is -3.43. The van der Waals surface area contributed by atoms with Gasteiger partial charge >= 0.3 is 0 Å². The van der Waals surface area contributed by atoms with Gasteiger partial charge in [0.25, 0.3) is 5.91 Å². The number of carbonyl (C=O) groups excluding carboxylic acids is 1. The van der Waals surface area contributed by atoms with Crippen molar-refractivity contribution in [1.29, 1.82) is 0 Å². The van der Waals surface area contributed by atoms with Crippen molar-refractivity contribution in [3.8, 4) is 11.3 Å². The van der Waals surface area contributed by atoms with Gasteiger partial charge in [-0.25, -0.2) is 4.98 Å². The number of carbonyl (C=O) groups is 1. The second-order valence-corrected chi connectivity index (χ2v) is 6.84. The molecule has 8 heteroatoms. The van der Waals surface area contributed by atoms with Gasteiger partial charge in [0.05, 0.1) is 18.9 Å². The number of aliphatic hydroxyl groups is 1. The molecule has 0 saturated heterocycles. The van der Waals surface area contributed by atoms with Gasteiger partial charge in [-0.1, -0.05) is 42.5 Å². The lowest BCUT2D eigenvalue weighted by Crippen LogP contribution is -2.31. The summed E-state index contributed by atoms with van der Waals surface area (Å²) in [6.07, 6.45) is -1.10. The molecule has 1 atom stereocenters. The molecule has 3 N–H and O–H groups in total. The lowest BCUT2D eigenvalue weighted by Gasteiger charge is -2.13. The molecule has 1 unspecified atom stereocenters. The van der Waals surface area contributed by atoms with Gasteiger partial charge in [-0.2, -0.15) is 0 Å². The third kappa shape index (κ3) is 6.53. The van der Waals surface area contributed by atoms with Crippen molar-refractivity contribution < 1.29 is 19.4 Å². The van der Waals surface area contributed by atoms with Crippen molar-refractivity contribution >= 4 is 24.1 Å². The number of aliphatic hydroxyl groups excluding tert-OH is 1. The first-order chi connectivity index (χ1) is 15.6. The molecule has 0 aliphatic heterocycles. The van der Waals surface area contributed by atoms with Crippen LogP contribution in [0.15, 0.2) is 71.7 Å². The number of rotatable bonds is 11. The van der Waals surface area contributed by atoms with Crippen LogP contribution >= 0.6 is 0 Å². The fourth-order valence-electron chi connectivity index (χ4n) is 2.90. The fourth-order valence-corrected chi connectivity index (χ4v) is 2.90. The molecule has 2 aromatic carbocycles. The standard InChI is InChI=1S/C24H26N4O4/c1-25-21-13-12-20(18-6-4-3-5-7-18)27-22(21)28-23(29)19-10-8-17(9-11-19)16-26-24(30)32-15-14-31-2/h3-13,24,26,30H,1,14-16H2,2H3,(H,27,28,29). The summed E-state index contributed by atoms with van der Waals surface area (Å²) in [7, 11) is 1.56. The first-order valence-electron chi connectivity index (χ1n) is 10.1. The maximum absolute atomic E-state index is 12.8. The van der Waals surface area contributed by atoms with Crippen LogP contribution in [0.5, 0.6) is 0 Å². The number of hydrogen-bond acceptors (Lipinski definition) is 7. The van der Waals surface area contributed by atoms with E-state index >= 15 is 0 Å². The molecular formula is C24H26N4O4. The maximum Gasteiger partial charge on any atom is 0.256 e. The number of pyridine rings is 1. The zero-order valence-corrected chi connectivity index (χ0v) is 17.8. The van der Waals surface area contributed by atoms with Crippen LogP contribution in [0.2, 0.25) is 0 Å². The average Bonchev–Trinajstić information content (AvgIpc) is 2.83. The van der Waals surface area contributed by atoms with Crippen molar-refractivity contribution in [1.82, 2.24) is 10.3 Å². The van der Waals surface area contributed by atoms with E-state index in [0.29, 0.717) is 30.2 Å². The van der Waals surface area contributed by atoms with Gasteiger partial charge in [-0.05, 0) is 36.5 Å². The number of nitrogens with zero attached hydrogens (tertiary/aromatic N) is 2. The molecule has 0 aliphatic carbocycles. The van der Waals surface area contributed by atoms with Crippen LogP contribution in [0.3, 0.4) is 0 Å². The Balaban J connectivity index is 1.64. The highest BCUT2D eigenvalue weighted by Crippen LogP contribution is 2.27. The predicted molar refractivity (Wildman–Crippen MR) is 124 cm³/mol. The molecule has 0 fully saturated rings. The minimum Gasteiger partial charge on any atom is -0.382 e. The summed E-state index contributed by atoms with van der Waals surface area (Å²) in [6, 6.07) is 20.3. The van der Waals surface area contributed by atoms with Crippen molar-refractivity contribution in [2.24, 2.45) is 4.99 Å². The van der Waals surface area contributed by atoms with E-state index < -0.39 is 6.41 Å². The molecule has 3 rings (SSSR count). The average molecular weight is 434 g/mol. The molecule has 1 heterocycles. The van der Waals surface area contributed by atoms with Crippen molar-refractivity contribution in [3.05, 3.63) is 77.9 Å². The molecule has 0 aliphatic rings. The number of methoxy groups -OCH3 is 1. The molecule has 0 bridgehead atoms. The van der Waals surface area contributed by atoms with Gasteiger partial charge < -0.3 is 19.9 Å². The number of anilines is 1. The van der Waals surface area contributed by atoms with E-state index in [-0.39, 0.29) is 12.5 Å². The van der Waals surface area contributed by atoms with E-state index in [1.807, 2.05) is 36.4 Å². The summed E-state index contributed by atoms with van der Waals surface area (Å²) in [5.74, 6) is 0.0310. The largest absolute Gasteiger partial charge is 0.382 e. The number of hydrogen-bond donors (Lipinski definition) is 3. The first-order valence-corrected chi connectivity index (χ1v) is 10.1. The van der Waals surface area contributed by atoms with E-state index in [0.717, 1.165) is 16.8 Å². The van der Waals surface area contributed by atoms with Gasteiger partial charge in [0.15, 0.2) is 5.82 Å². The van der Waals surface area contributed by atoms with E-state index in [9.17, 15) is 9.90 Å². The summed E-state index contributed by atoms with van der Waals surface area (Å²) < 4.78 is 9.99. The Morgan fingerprint density at radius 1 is 1.09 bits per heavy atom. The number of aliphatic imine (C=N–C) groups is 1. The zero-order chi connectivity index (χ0) is 22.8. The molecule has 0 spiro atoms. The number of aromatic nitrogens is 1. The third-order valence-electron chi connectivity index (χ3n) is 4.61. The SMILES string of the molecule is C=Nc1ccc(-c2ccccc2)nc1NC(=O)c1ccc(CNC(O)OCCOC)cc1. The zero-order valence-electron chi connectivity index (χ0n) is 17.8. The minimum absolute atomic E-state index is 0.283. The summed E-state index contributed by atoms with van der Waals surface area (Å²) in [4.78, 5) is 21.3. The summed E-state index contributed by atoms with van der Waals surface area (Å²) in [6.45, 7) is 4.61. The van der Waals surface area contributed by atoms with Crippen molar-refractivity contribution in [2.75, 3.05) is 25.6 Å². The third-order valence-corrected chi connectivity index (χ3v) is 4.61. The lowest BCUT2D eigenvalue weighted by atomic mass is 10.1. The molecule has 1 aromatic heterocycles. The number of nitrogens with one attached hydrogen (secondary N) is 2. The fraction of sp³-hybridized carbons (Fsp3) is 0.208. The first kappa shape index (κ1) is 23.2. The van der Waals surface area contributed by atoms with Crippen LogP contribution in [0.1, 0.15) is 15.9 Å². The van der Waals surface area contributed by atoms with Crippen LogP contribution in [0.4, 0.5) is 11.5 Å². The van der Waals surface area contributed by atoms with Crippen LogP contribution in [0.25, 0.3) is 11.3 Å². The molecule has 0 radical (unpaired) electrons. The van der Waals surface area contributed by atoms with Crippen LogP contribution in [0, 0.1) is 0 Å². The minimum atomic E-state index is -1.10. The van der Waals surface area contributed by atoms with E-state index in [1.54, 1.807) is 37.4 Å². The second kappa shape index (κ2) is 11.8. The van der Waals surface area contributed by atoms with Crippen molar-refractivity contribution in [2.45, 2.75) is 13.0 Å². The normalized spacial score (nSPS) is 11.7. The highest BCUT2D eigenvalue weighted by Gasteiger charge is 2.12. The summed E-state index contributed by atoms with van der Waals surface area (Å²) in [5, 5.41) is 15.4. The molecule has 32 heavy (non-hydrogen) atoms. The topological polar surface area (TPSA) is 105 Å². The van der Waals surface area contributed by atoms with Crippen LogP contribution in [-0.4, -0.2) is 49.5 Å². The van der Waals surface area contributed by atoms with Crippen LogP contribution in [-0.2, 0) is 16.0 Å². The van der Waals surface area contributed by atoms with Gasteiger partial charge in [-0.15, -0.1) is 0 Å². The lowest BCUT2D eigenvalue weighted by molar-refractivity contribution is -0.129. The number of ether oxygens (including phenoxy) is 2. The van der Waals surface area contributed by atoms with Gasteiger partial charge in [0.2, 0.25) is 6.41 Å². The molecular weight excluding hydrogens is 408 g/mol. The monoisotopic (exact) mass is 434 g/mol. The van der Waals surface area contributed by atoms with Gasteiger partial charge in [-0.3, -0.25) is 15.1 Å². The van der Waals surface area contributed by atoms with Crippen LogP contribution < -0.4 is 10.6 Å². The second-order valence-electron chi connectivity index (χ2n) is 6.84. The van der Waals surface area contributed by atoms with E-state index in [2.05, 4.69) is 27.3 Å². The van der Waals surface area contributed by atoms with Gasteiger partial charge in [0.1, 0.15) is 5.69 Å². The Labute approximate surface area is 186 Å². The number of amides is 1. The van der Waals surface area contributed by atoms with Crippen molar-refractivity contribution in [3.63, 3.8) is 0 Å². The summed E-state index contributed by atoms with van der Waals surface area (Å²) >= 11 is 0. The highest BCUT2D eigenvalue weighted by molar-refractivity contribution is 6.05. The molecule has 1 amide bonds. The summed E-state index contributed by atoms with van der Waals surface area (Å²) in [5.41, 5.74) is 3.49. The maximum atomic E-state index is 12.8. The molecule has 8 nitrogen and oxygen atoms in total. The van der Waals surface area contributed by atoms with E-state index in [4.69, 9.17) is 9.47 Å². The molecule has 166 valence electrons. The Bertz CT molecular complexity index is 1030. The Morgan fingerprint density at radius 3 is 2.53 bits per heavy atom. The van der Waals surface area contributed by atoms with Gasteiger partial charge in [0, 0.05) is 24.8 Å². The Kier molecular flexibility index (Phi) is 8.59. The highest BCUT2D eigenvalue weighted by atomic mass is 16.6. The molecule has 0 saturated carbocycles. The number of benzene rings is 2.